The molecule has 0 amide bonds. The van der Waals surface area contributed by atoms with E-state index in [1.165, 1.54) is 11.0 Å². The number of aliphatic hydroxyl groups excluding tert-OH is 1. The summed E-state index contributed by atoms with van der Waals surface area (Å²) in [6.07, 6.45) is -10.1. The largest absolute Gasteiger partial charge is 0.416 e. The van der Waals surface area contributed by atoms with Crippen LogP contribution < -0.4 is 9.80 Å². The number of halogens is 9. The normalized spacial score (nSPS) is 19.5. The second-order valence-electron chi connectivity index (χ2n) is 11.8. The monoisotopic (exact) mass is 664 g/mol. The summed E-state index contributed by atoms with van der Waals surface area (Å²) in [4.78, 5) is 4.39. The van der Waals surface area contributed by atoms with Crippen LogP contribution in [0.15, 0.2) is 36.4 Å². The van der Waals surface area contributed by atoms with Crippen molar-refractivity contribution in [2.45, 2.75) is 89.2 Å². The zero-order valence-electron chi connectivity index (χ0n) is 24.8. The summed E-state index contributed by atoms with van der Waals surface area (Å²) >= 11 is 0. The SMILES string of the molecule is CC[C@@H]1C[C@H](N(Cc2cc(C(F)(F)F)cc(C(F)(F)F)c2)c2nnn(CCO)n2)c2cc(C(F)(F)F)ccc2N1CC1CCCC1. The van der Waals surface area contributed by atoms with Crippen LogP contribution in [0.4, 0.5) is 51.1 Å². The molecule has 0 radical (unpaired) electrons. The molecule has 3 aromatic rings. The van der Waals surface area contributed by atoms with Gasteiger partial charge in [0.1, 0.15) is 0 Å². The van der Waals surface area contributed by atoms with E-state index in [9.17, 15) is 44.6 Å². The third-order valence-electron chi connectivity index (χ3n) is 8.74. The summed E-state index contributed by atoms with van der Waals surface area (Å²) < 4.78 is 125. The summed E-state index contributed by atoms with van der Waals surface area (Å²) in [7, 11) is 0. The van der Waals surface area contributed by atoms with Gasteiger partial charge in [0.2, 0.25) is 0 Å². The average Bonchev–Trinajstić information content (AvgIpc) is 3.67. The number of alkyl halides is 9. The van der Waals surface area contributed by atoms with E-state index in [0.29, 0.717) is 36.7 Å². The number of fused-ring (bicyclic) bond motifs is 1. The van der Waals surface area contributed by atoms with Crippen LogP contribution in [0.2, 0.25) is 0 Å². The molecule has 1 aromatic heterocycles. The molecule has 1 aliphatic carbocycles. The highest BCUT2D eigenvalue weighted by Gasteiger charge is 2.41. The number of nitrogens with zero attached hydrogens (tertiary/aromatic N) is 6. The number of anilines is 2. The molecule has 2 aromatic carbocycles. The minimum absolute atomic E-state index is 0.0170. The van der Waals surface area contributed by atoms with E-state index in [4.69, 9.17) is 0 Å². The first-order valence-electron chi connectivity index (χ1n) is 15.0. The number of benzene rings is 2. The number of tetrazole rings is 1. The van der Waals surface area contributed by atoms with E-state index in [2.05, 4.69) is 20.3 Å². The molecular weight excluding hydrogens is 631 g/mol. The van der Waals surface area contributed by atoms with Crippen molar-refractivity contribution >= 4 is 11.6 Å². The standard InChI is InChI=1S/C30H33F9N6O/c1-2-23-15-26(24-14-20(28(31,32)33)7-8-25(24)43(23)16-18-5-3-4-6-18)44(27-40-42-45(41-27)9-10-46)17-19-11-21(29(34,35)36)13-22(12-19)30(37,38)39/h7-8,11-14,18,23,26,46H,2-6,9-10,15-17H2,1H3/t23-,26+/m1/s1. The summed E-state index contributed by atoms with van der Waals surface area (Å²) in [5.74, 6) is 0.120. The number of hydrogen-bond acceptors (Lipinski definition) is 6. The Bertz CT molecular complexity index is 1460. The molecule has 46 heavy (non-hydrogen) atoms. The van der Waals surface area contributed by atoms with Gasteiger partial charge in [-0.05, 0) is 84.3 Å². The molecule has 0 spiro atoms. The van der Waals surface area contributed by atoms with Crippen LogP contribution in [-0.4, -0.2) is 44.5 Å². The van der Waals surface area contributed by atoms with Crippen LogP contribution in [0, 0.1) is 5.92 Å². The molecule has 5 rings (SSSR count). The molecule has 1 N–H and O–H groups in total. The Morgan fingerprint density at radius 2 is 1.50 bits per heavy atom. The highest BCUT2D eigenvalue weighted by Crippen LogP contribution is 2.46. The van der Waals surface area contributed by atoms with Crippen LogP contribution in [0.25, 0.3) is 0 Å². The van der Waals surface area contributed by atoms with Gasteiger partial charge in [-0.1, -0.05) is 24.9 Å². The zero-order chi connectivity index (χ0) is 33.4. The Hall–Kier alpha value is -3.56. The van der Waals surface area contributed by atoms with E-state index < -0.39 is 60.0 Å². The van der Waals surface area contributed by atoms with Crippen molar-refractivity contribution < 1.29 is 44.6 Å². The molecule has 0 bridgehead atoms. The highest BCUT2D eigenvalue weighted by atomic mass is 19.4. The number of aromatic nitrogens is 4. The first-order valence-corrected chi connectivity index (χ1v) is 15.0. The van der Waals surface area contributed by atoms with Gasteiger partial charge < -0.3 is 14.9 Å². The third-order valence-corrected chi connectivity index (χ3v) is 8.74. The van der Waals surface area contributed by atoms with E-state index in [-0.39, 0.29) is 36.6 Å². The fourth-order valence-electron chi connectivity index (χ4n) is 6.53. The van der Waals surface area contributed by atoms with Crippen molar-refractivity contribution in [1.29, 1.82) is 0 Å². The van der Waals surface area contributed by atoms with Crippen LogP contribution in [0.3, 0.4) is 0 Å². The van der Waals surface area contributed by atoms with Crippen molar-refractivity contribution in [2.24, 2.45) is 5.92 Å². The molecule has 1 fully saturated rings. The molecule has 1 saturated carbocycles. The summed E-state index contributed by atoms with van der Waals surface area (Å²) in [5.41, 5.74) is -3.66. The van der Waals surface area contributed by atoms with Crippen molar-refractivity contribution in [1.82, 2.24) is 20.2 Å². The Morgan fingerprint density at radius 1 is 0.870 bits per heavy atom. The van der Waals surface area contributed by atoms with E-state index in [1.807, 2.05) is 6.92 Å². The van der Waals surface area contributed by atoms with Crippen molar-refractivity contribution in [3.8, 4) is 0 Å². The van der Waals surface area contributed by atoms with Gasteiger partial charge in [-0.15, -0.1) is 5.10 Å². The number of aliphatic hydroxyl groups is 1. The predicted molar refractivity (Wildman–Crippen MR) is 150 cm³/mol. The second-order valence-corrected chi connectivity index (χ2v) is 11.8. The lowest BCUT2D eigenvalue weighted by molar-refractivity contribution is -0.143. The van der Waals surface area contributed by atoms with E-state index in [1.54, 1.807) is 0 Å². The fraction of sp³-hybridized carbons (Fsp3) is 0.567. The number of rotatable bonds is 9. The molecule has 2 heterocycles. The maximum absolute atomic E-state index is 14.0. The van der Waals surface area contributed by atoms with Crippen LogP contribution in [-0.2, 0) is 31.6 Å². The summed E-state index contributed by atoms with van der Waals surface area (Å²) in [6, 6.07) is 3.37. The molecule has 0 unspecified atom stereocenters. The molecule has 252 valence electrons. The maximum atomic E-state index is 14.0. The first-order chi connectivity index (χ1) is 21.6. The molecule has 7 nitrogen and oxygen atoms in total. The van der Waals surface area contributed by atoms with Crippen LogP contribution in [0.1, 0.15) is 79.3 Å². The second kappa shape index (κ2) is 12.9. The minimum Gasteiger partial charge on any atom is -0.394 e. The lowest BCUT2D eigenvalue weighted by Crippen LogP contribution is -2.46. The molecule has 2 atom stereocenters. The van der Waals surface area contributed by atoms with Gasteiger partial charge in [0.15, 0.2) is 0 Å². The van der Waals surface area contributed by atoms with Gasteiger partial charge in [-0.2, -0.15) is 44.3 Å². The predicted octanol–water partition coefficient (Wildman–Crippen LogP) is 7.65. The Balaban J connectivity index is 1.67. The Morgan fingerprint density at radius 3 is 2.07 bits per heavy atom. The van der Waals surface area contributed by atoms with E-state index in [0.717, 1.165) is 42.6 Å². The van der Waals surface area contributed by atoms with Crippen LogP contribution >= 0.6 is 0 Å². The Kier molecular flexibility index (Phi) is 9.49. The lowest BCUT2D eigenvalue weighted by atomic mass is 9.86. The molecule has 2 aliphatic rings. The molecule has 0 saturated heterocycles. The van der Waals surface area contributed by atoms with Crippen LogP contribution in [0.5, 0.6) is 0 Å². The van der Waals surface area contributed by atoms with Gasteiger partial charge in [-0.25, -0.2) is 0 Å². The highest BCUT2D eigenvalue weighted by molar-refractivity contribution is 5.62. The molecule has 16 heteroatoms. The van der Waals surface area contributed by atoms with Crippen molar-refractivity contribution in [3.63, 3.8) is 0 Å². The molecule has 1 aliphatic heterocycles. The minimum atomic E-state index is -5.10. The zero-order valence-corrected chi connectivity index (χ0v) is 24.8. The van der Waals surface area contributed by atoms with Crippen molar-refractivity contribution in [2.75, 3.05) is 23.0 Å². The summed E-state index contributed by atoms with van der Waals surface area (Å²) in [6.45, 7) is 1.41. The topological polar surface area (TPSA) is 70.3 Å². The van der Waals surface area contributed by atoms with Gasteiger partial charge in [0.25, 0.3) is 5.95 Å². The smallest absolute Gasteiger partial charge is 0.394 e. The third kappa shape index (κ3) is 7.36. The average molecular weight is 665 g/mol. The first kappa shape index (κ1) is 33.8. The molecular formula is C30H33F9N6O. The van der Waals surface area contributed by atoms with E-state index >= 15 is 0 Å². The fourth-order valence-corrected chi connectivity index (χ4v) is 6.53. The number of hydrogen-bond donors (Lipinski definition) is 1. The van der Waals surface area contributed by atoms with Gasteiger partial charge >= 0.3 is 18.5 Å². The Labute approximate surface area is 259 Å². The maximum Gasteiger partial charge on any atom is 0.416 e. The summed E-state index contributed by atoms with van der Waals surface area (Å²) in [5, 5.41) is 21.3. The van der Waals surface area contributed by atoms with Gasteiger partial charge in [0, 0.05) is 24.8 Å². The quantitative estimate of drug-likeness (QED) is 0.237. The van der Waals surface area contributed by atoms with Gasteiger partial charge in [-0.3, -0.25) is 0 Å². The van der Waals surface area contributed by atoms with Gasteiger partial charge in [0.05, 0.1) is 35.9 Å². The lowest BCUT2D eigenvalue weighted by Gasteiger charge is -2.46. The van der Waals surface area contributed by atoms with Crippen molar-refractivity contribution in [3.05, 3.63) is 64.2 Å².